The van der Waals surface area contributed by atoms with Crippen LogP contribution in [0.2, 0.25) is 0 Å². The number of halogens is 1. The Morgan fingerprint density at radius 1 is 1.22 bits per heavy atom. The van der Waals surface area contributed by atoms with Gasteiger partial charge in [0, 0.05) is 11.0 Å². The first-order valence-electron chi connectivity index (χ1n) is 7.23. The third-order valence-corrected chi connectivity index (χ3v) is 3.95. The Balaban J connectivity index is 1.93. The lowest BCUT2D eigenvalue weighted by Crippen LogP contribution is -2.23. The summed E-state index contributed by atoms with van der Waals surface area (Å²) in [4.78, 5) is 17.0. The van der Waals surface area contributed by atoms with E-state index in [2.05, 4.69) is 31.4 Å². The van der Waals surface area contributed by atoms with Crippen molar-refractivity contribution in [1.82, 2.24) is 9.55 Å². The van der Waals surface area contributed by atoms with Gasteiger partial charge in [0.2, 0.25) is 5.95 Å². The van der Waals surface area contributed by atoms with Crippen molar-refractivity contribution in [3.63, 3.8) is 0 Å². The fourth-order valence-electron chi connectivity index (χ4n) is 2.26. The molecule has 0 bridgehead atoms. The number of hydrogen-bond donors (Lipinski definition) is 1. The fraction of sp³-hybridized carbons (Fsp3) is 0.118. The molecule has 0 fully saturated rings. The number of nitrogens with one attached hydrogen (secondary N) is 1. The molecule has 116 valence electrons. The van der Waals surface area contributed by atoms with Crippen LogP contribution >= 0.6 is 15.9 Å². The summed E-state index contributed by atoms with van der Waals surface area (Å²) in [6, 6.07) is 15.1. The molecule has 3 rings (SSSR count). The Morgan fingerprint density at radius 2 is 1.96 bits per heavy atom. The maximum atomic E-state index is 12.5. The maximum Gasteiger partial charge on any atom is 0.262 e. The van der Waals surface area contributed by atoms with Crippen LogP contribution in [0.5, 0.6) is 0 Å². The second-order valence-electron chi connectivity index (χ2n) is 4.92. The Morgan fingerprint density at radius 3 is 2.70 bits per heavy atom. The first-order valence-corrected chi connectivity index (χ1v) is 8.02. The van der Waals surface area contributed by atoms with Gasteiger partial charge in [0.1, 0.15) is 0 Å². The summed E-state index contributed by atoms with van der Waals surface area (Å²) in [5.41, 5.74) is 4.41. The van der Waals surface area contributed by atoms with E-state index < -0.39 is 0 Å². The molecule has 0 saturated heterocycles. The van der Waals surface area contributed by atoms with Gasteiger partial charge in [0.05, 0.1) is 17.1 Å². The van der Waals surface area contributed by atoms with Crippen LogP contribution in [0.25, 0.3) is 10.9 Å². The lowest BCUT2D eigenvalue weighted by molar-refractivity contribution is 0.724. The number of hydrogen-bond acceptors (Lipinski definition) is 4. The molecule has 1 aromatic heterocycles. The lowest BCUT2D eigenvalue weighted by atomic mass is 10.2. The summed E-state index contributed by atoms with van der Waals surface area (Å²) in [6.45, 7) is 2.42. The molecule has 23 heavy (non-hydrogen) atoms. The molecule has 1 N–H and O–H groups in total. The Hall–Kier alpha value is -2.47. The molecule has 1 heterocycles. The van der Waals surface area contributed by atoms with Crippen LogP contribution in [0.1, 0.15) is 12.5 Å². The average Bonchev–Trinajstić information content (AvgIpc) is 2.57. The molecule has 2 aromatic carbocycles. The number of benzene rings is 2. The topological polar surface area (TPSA) is 59.3 Å². The van der Waals surface area contributed by atoms with Gasteiger partial charge in [-0.1, -0.05) is 40.2 Å². The van der Waals surface area contributed by atoms with Crippen molar-refractivity contribution in [2.24, 2.45) is 5.10 Å². The molecule has 0 spiro atoms. The maximum absolute atomic E-state index is 12.5. The fourth-order valence-corrected chi connectivity index (χ4v) is 2.52. The summed E-state index contributed by atoms with van der Waals surface area (Å²) in [6.07, 6.45) is 1.69. The minimum Gasteiger partial charge on any atom is -0.277 e. The third kappa shape index (κ3) is 3.32. The number of nitrogens with zero attached hydrogens (tertiary/aromatic N) is 3. The monoisotopic (exact) mass is 370 g/mol. The zero-order chi connectivity index (χ0) is 16.2. The second kappa shape index (κ2) is 6.75. The summed E-state index contributed by atoms with van der Waals surface area (Å²) in [5.74, 6) is 0.435. The van der Waals surface area contributed by atoms with Crippen molar-refractivity contribution in [1.29, 1.82) is 0 Å². The van der Waals surface area contributed by atoms with Crippen molar-refractivity contribution in [3.8, 4) is 0 Å². The first-order chi connectivity index (χ1) is 11.2. The molecule has 0 saturated carbocycles. The predicted octanol–water partition coefficient (Wildman–Crippen LogP) is 3.62. The Bertz CT molecular complexity index is 916. The molecule has 0 atom stereocenters. The summed E-state index contributed by atoms with van der Waals surface area (Å²) < 4.78 is 2.58. The smallest absolute Gasteiger partial charge is 0.262 e. The van der Waals surface area contributed by atoms with Crippen molar-refractivity contribution < 1.29 is 0 Å². The highest BCUT2D eigenvalue weighted by Gasteiger charge is 2.08. The van der Waals surface area contributed by atoms with E-state index in [1.807, 2.05) is 49.4 Å². The quantitative estimate of drug-likeness (QED) is 0.563. The zero-order valence-corrected chi connectivity index (χ0v) is 14.1. The van der Waals surface area contributed by atoms with Gasteiger partial charge in [0.15, 0.2) is 0 Å². The first kappa shape index (κ1) is 15.4. The summed E-state index contributed by atoms with van der Waals surface area (Å²) in [5, 5.41) is 4.79. The molecule has 0 amide bonds. The van der Waals surface area contributed by atoms with E-state index in [0.29, 0.717) is 23.4 Å². The van der Waals surface area contributed by atoms with Crippen molar-refractivity contribution in [3.05, 3.63) is 68.9 Å². The van der Waals surface area contributed by atoms with Crippen molar-refractivity contribution >= 4 is 39.0 Å². The minimum absolute atomic E-state index is 0.0700. The largest absolute Gasteiger partial charge is 0.277 e. The zero-order valence-electron chi connectivity index (χ0n) is 12.5. The number of rotatable bonds is 4. The van der Waals surface area contributed by atoms with E-state index in [4.69, 9.17) is 0 Å². The molecule has 0 unspecified atom stereocenters. The van der Waals surface area contributed by atoms with Gasteiger partial charge in [-0.25, -0.2) is 10.4 Å². The summed E-state index contributed by atoms with van der Waals surface area (Å²) >= 11 is 3.39. The average molecular weight is 371 g/mol. The van der Waals surface area contributed by atoms with E-state index in [0.717, 1.165) is 10.0 Å². The number of fused-ring (bicyclic) bond motifs is 1. The van der Waals surface area contributed by atoms with E-state index >= 15 is 0 Å². The standard InChI is InChI=1S/C17H15BrN4O/c1-2-22-16(23)14-5-3-4-6-15(14)20-17(22)21-19-11-12-7-9-13(18)10-8-12/h3-11H,2H2,1H3,(H,20,21)/b19-11-. The SMILES string of the molecule is CCn1c(N/N=C\c2ccc(Br)cc2)nc2ccccc2c1=O. The summed E-state index contributed by atoms with van der Waals surface area (Å²) in [7, 11) is 0. The Kier molecular flexibility index (Phi) is 4.52. The molecule has 6 heteroatoms. The predicted molar refractivity (Wildman–Crippen MR) is 97.0 cm³/mol. The number of anilines is 1. The van der Waals surface area contributed by atoms with Gasteiger partial charge in [-0.15, -0.1) is 0 Å². The lowest BCUT2D eigenvalue weighted by Gasteiger charge is -2.10. The van der Waals surface area contributed by atoms with Gasteiger partial charge < -0.3 is 0 Å². The second-order valence-corrected chi connectivity index (χ2v) is 5.84. The molecular weight excluding hydrogens is 356 g/mol. The van der Waals surface area contributed by atoms with Crippen LogP contribution in [0.3, 0.4) is 0 Å². The Labute approximate surface area is 141 Å². The van der Waals surface area contributed by atoms with Gasteiger partial charge >= 0.3 is 0 Å². The van der Waals surface area contributed by atoms with Crippen LogP contribution in [0, 0.1) is 0 Å². The van der Waals surface area contributed by atoms with Crippen molar-refractivity contribution in [2.45, 2.75) is 13.5 Å². The van der Waals surface area contributed by atoms with Crippen LogP contribution in [0.15, 0.2) is 62.9 Å². The molecular formula is C17H15BrN4O. The van der Waals surface area contributed by atoms with Gasteiger partial charge in [-0.2, -0.15) is 5.10 Å². The van der Waals surface area contributed by atoms with Crippen LogP contribution < -0.4 is 11.0 Å². The molecule has 0 radical (unpaired) electrons. The highest BCUT2D eigenvalue weighted by atomic mass is 79.9. The van der Waals surface area contributed by atoms with Gasteiger partial charge in [-0.3, -0.25) is 9.36 Å². The van der Waals surface area contributed by atoms with Crippen LogP contribution in [0.4, 0.5) is 5.95 Å². The normalized spacial score (nSPS) is 11.2. The van der Waals surface area contributed by atoms with Gasteiger partial charge in [-0.05, 0) is 36.8 Å². The molecule has 3 aromatic rings. The highest BCUT2D eigenvalue weighted by molar-refractivity contribution is 9.10. The van der Waals surface area contributed by atoms with Crippen LogP contribution in [-0.4, -0.2) is 15.8 Å². The minimum atomic E-state index is -0.0700. The van der Waals surface area contributed by atoms with E-state index in [-0.39, 0.29) is 5.56 Å². The third-order valence-electron chi connectivity index (χ3n) is 3.43. The van der Waals surface area contributed by atoms with E-state index in [1.54, 1.807) is 16.8 Å². The van der Waals surface area contributed by atoms with Gasteiger partial charge in [0.25, 0.3) is 5.56 Å². The van der Waals surface area contributed by atoms with E-state index in [9.17, 15) is 4.79 Å². The van der Waals surface area contributed by atoms with Crippen molar-refractivity contribution in [2.75, 3.05) is 5.43 Å². The molecule has 0 aliphatic carbocycles. The van der Waals surface area contributed by atoms with E-state index in [1.165, 1.54) is 0 Å². The number of aromatic nitrogens is 2. The molecule has 0 aliphatic heterocycles. The van der Waals surface area contributed by atoms with Crippen LogP contribution in [-0.2, 0) is 6.54 Å². The molecule has 0 aliphatic rings. The number of para-hydroxylation sites is 1. The number of hydrazone groups is 1. The molecule has 5 nitrogen and oxygen atoms in total. The highest BCUT2D eigenvalue weighted by Crippen LogP contribution is 2.12.